The number of benzene rings is 1. The van der Waals surface area contributed by atoms with Crippen LogP contribution in [-0.4, -0.2) is 17.5 Å². The van der Waals surface area contributed by atoms with Crippen molar-refractivity contribution in [1.82, 2.24) is 4.90 Å². The Kier molecular flexibility index (Phi) is 3.31. The predicted octanol–water partition coefficient (Wildman–Crippen LogP) is 3.79. The summed E-state index contributed by atoms with van der Waals surface area (Å²) in [6, 6.07) is 10.6. The van der Waals surface area contributed by atoms with Crippen molar-refractivity contribution in [2.24, 2.45) is 11.7 Å². The van der Waals surface area contributed by atoms with Gasteiger partial charge < -0.3 is 5.73 Å². The van der Waals surface area contributed by atoms with Crippen LogP contribution in [0.2, 0.25) is 0 Å². The van der Waals surface area contributed by atoms with Crippen LogP contribution in [0.25, 0.3) is 0 Å². The summed E-state index contributed by atoms with van der Waals surface area (Å²) in [5.74, 6) is 0.960. The Morgan fingerprint density at radius 2 is 1.70 bits per heavy atom. The first kappa shape index (κ1) is 12.8. The van der Waals surface area contributed by atoms with Crippen molar-refractivity contribution in [2.75, 3.05) is 6.54 Å². The third kappa shape index (κ3) is 2.01. The molecule has 1 saturated carbocycles. The first-order valence-corrected chi connectivity index (χ1v) is 8.45. The van der Waals surface area contributed by atoms with Gasteiger partial charge in [-0.05, 0) is 55.7 Å². The summed E-state index contributed by atoms with van der Waals surface area (Å²) in [6.45, 7) is 1.28. The van der Waals surface area contributed by atoms with Crippen molar-refractivity contribution in [3.8, 4) is 0 Å². The molecular formula is C18H26N2. The summed E-state index contributed by atoms with van der Waals surface area (Å²) in [7, 11) is 0. The topological polar surface area (TPSA) is 29.3 Å². The van der Waals surface area contributed by atoms with E-state index >= 15 is 0 Å². The second kappa shape index (κ2) is 5.16. The molecule has 2 heteroatoms. The van der Waals surface area contributed by atoms with Gasteiger partial charge in [-0.3, -0.25) is 4.90 Å². The van der Waals surface area contributed by atoms with Gasteiger partial charge in [0.15, 0.2) is 0 Å². The first-order chi connectivity index (χ1) is 9.84. The molecule has 1 aromatic rings. The third-order valence-corrected chi connectivity index (χ3v) is 5.92. The maximum absolute atomic E-state index is 6.38. The molecule has 2 N–H and O–H groups in total. The minimum absolute atomic E-state index is 0.250. The molecule has 0 radical (unpaired) electrons. The number of nitrogens with two attached hydrogens (primary N) is 1. The number of hydrogen-bond acceptors (Lipinski definition) is 2. The fourth-order valence-electron chi connectivity index (χ4n) is 5.01. The number of likely N-dealkylation sites (tertiary alicyclic amines) is 1. The zero-order chi connectivity index (χ0) is 13.5. The average molecular weight is 270 g/mol. The van der Waals surface area contributed by atoms with Gasteiger partial charge in [0.25, 0.3) is 0 Å². The van der Waals surface area contributed by atoms with Crippen molar-refractivity contribution in [3.05, 3.63) is 35.4 Å². The van der Waals surface area contributed by atoms with E-state index in [4.69, 9.17) is 5.73 Å². The molecule has 20 heavy (non-hydrogen) atoms. The van der Waals surface area contributed by atoms with Crippen molar-refractivity contribution in [1.29, 1.82) is 0 Å². The van der Waals surface area contributed by atoms with E-state index in [-0.39, 0.29) is 6.04 Å². The van der Waals surface area contributed by atoms with Crippen molar-refractivity contribution < 1.29 is 0 Å². The lowest BCUT2D eigenvalue weighted by Gasteiger charge is -2.47. The molecule has 1 saturated heterocycles. The van der Waals surface area contributed by atoms with Crippen LogP contribution in [0, 0.1) is 5.92 Å². The third-order valence-electron chi connectivity index (χ3n) is 5.92. The Labute approximate surface area is 122 Å². The van der Waals surface area contributed by atoms with Crippen LogP contribution in [0.15, 0.2) is 24.3 Å². The molecule has 0 aromatic heterocycles. The van der Waals surface area contributed by atoms with Crippen LogP contribution in [0.1, 0.15) is 68.2 Å². The Morgan fingerprint density at radius 1 is 0.950 bits per heavy atom. The van der Waals surface area contributed by atoms with Crippen molar-refractivity contribution in [3.63, 3.8) is 0 Å². The highest BCUT2D eigenvalue weighted by Gasteiger charge is 2.40. The van der Waals surface area contributed by atoms with Gasteiger partial charge in [0.1, 0.15) is 0 Å². The van der Waals surface area contributed by atoms with Crippen LogP contribution in [0.3, 0.4) is 0 Å². The molecule has 2 unspecified atom stereocenters. The molecule has 1 aliphatic heterocycles. The zero-order valence-corrected chi connectivity index (χ0v) is 12.3. The van der Waals surface area contributed by atoms with E-state index < -0.39 is 0 Å². The van der Waals surface area contributed by atoms with E-state index in [0.29, 0.717) is 6.04 Å². The fraction of sp³-hybridized carbons (Fsp3) is 0.667. The lowest BCUT2D eigenvalue weighted by molar-refractivity contribution is 0.0239. The monoisotopic (exact) mass is 270 g/mol. The lowest BCUT2D eigenvalue weighted by atomic mass is 9.77. The molecule has 4 atom stereocenters. The number of piperidine rings is 1. The molecule has 2 nitrogen and oxygen atoms in total. The van der Waals surface area contributed by atoms with E-state index in [2.05, 4.69) is 29.2 Å². The van der Waals surface area contributed by atoms with Crippen LogP contribution < -0.4 is 5.73 Å². The summed E-state index contributed by atoms with van der Waals surface area (Å²) in [5, 5.41) is 0. The van der Waals surface area contributed by atoms with E-state index in [1.165, 1.54) is 56.2 Å². The Morgan fingerprint density at radius 3 is 2.60 bits per heavy atom. The number of nitrogens with zero attached hydrogens (tertiary/aromatic N) is 1. The molecule has 4 rings (SSSR count). The highest BCUT2D eigenvalue weighted by molar-refractivity contribution is 5.37. The minimum atomic E-state index is 0.250. The number of hydrogen-bond donors (Lipinski definition) is 1. The molecule has 0 amide bonds. The fourth-order valence-corrected chi connectivity index (χ4v) is 5.01. The van der Waals surface area contributed by atoms with Crippen LogP contribution in [-0.2, 0) is 0 Å². The van der Waals surface area contributed by atoms with Crippen LogP contribution >= 0.6 is 0 Å². The highest BCUT2D eigenvalue weighted by atomic mass is 15.2. The quantitative estimate of drug-likeness (QED) is 0.841. The standard InChI is InChI=1S/C18H26N2/c19-16-12-18(15-9-3-2-8-14(15)16)20-11-5-7-13-6-1-4-10-17(13)20/h2-3,8-9,13,16-18H,1,4-7,10-12,19H2/t13-,16?,17-,18?/m1/s1. The molecule has 1 heterocycles. The molecule has 2 fully saturated rings. The summed E-state index contributed by atoms with van der Waals surface area (Å²) < 4.78 is 0. The molecule has 3 aliphatic rings. The van der Waals surface area contributed by atoms with Gasteiger partial charge in [-0.1, -0.05) is 37.1 Å². The maximum atomic E-state index is 6.38. The van der Waals surface area contributed by atoms with E-state index in [9.17, 15) is 0 Å². The van der Waals surface area contributed by atoms with E-state index in [1.54, 1.807) is 0 Å². The maximum Gasteiger partial charge on any atom is 0.0372 e. The number of rotatable bonds is 1. The van der Waals surface area contributed by atoms with Gasteiger partial charge in [0, 0.05) is 18.1 Å². The SMILES string of the molecule is NC1CC(N2CCC[C@H]3CCCC[C@H]32)c2ccccc21. The van der Waals surface area contributed by atoms with Gasteiger partial charge in [-0.2, -0.15) is 0 Å². The van der Waals surface area contributed by atoms with E-state index in [1.807, 2.05) is 0 Å². The lowest BCUT2D eigenvalue weighted by Crippen LogP contribution is -2.48. The Hall–Kier alpha value is -0.860. The molecule has 1 aromatic carbocycles. The number of fused-ring (bicyclic) bond motifs is 2. The molecule has 108 valence electrons. The van der Waals surface area contributed by atoms with Crippen LogP contribution in [0.5, 0.6) is 0 Å². The minimum Gasteiger partial charge on any atom is -0.324 e. The Bertz CT molecular complexity index is 482. The van der Waals surface area contributed by atoms with Gasteiger partial charge in [0.2, 0.25) is 0 Å². The molecule has 0 bridgehead atoms. The molecule has 2 aliphatic carbocycles. The van der Waals surface area contributed by atoms with Gasteiger partial charge in [0.05, 0.1) is 0 Å². The normalized spacial score (nSPS) is 37.5. The second-order valence-corrected chi connectivity index (χ2v) is 6.98. The zero-order valence-electron chi connectivity index (χ0n) is 12.3. The smallest absolute Gasteiger partial charge is 0.0372 e. The van der Waals surface area contributed by atoms with Gasteiger partial charge in [-0.15, -0.1) is 0 Å². The summed E-state index contributed by atoms with van der Waals surface area (Å²) in [5.41, 5.74) is 9.30. The summed E-state index contributed by atoms with van der Waals surface area (Å²) in [6.07, 6.45) is 9.73. The first-order valence-electron chi connectivity index (χ1n) is 8.45. The van der Waals surface area contributed by atoms with Gasteiger partial charge >= 0.3 is 0 Å². The molecular weight excluding hydrogens is 244 g/mol. The highest BCUT2D eigenvalue weighted by Crippen LogP contribution is 2.46. The molecule has 0 spiro atoms. The average Bonchev–Trinajstić information content (AvgIpc) is 2.84. The second-order valence-electron chi connectivity index (χ2n) is 6.98. The van der Waals surface area contributed by atoms with Crippen molar-refractivity contribution >= 4 is 0 Å². The van der Waals surface area contributed by atoms with E-state index in [0.717, 1.165) is 18.4 Å². The summed E-state index contributed by atoms with van der Waals surface area (Å²) in [4.78, 5) is 2.83. The largest absolute Gasteiger partial charge is 0.324 e. The summed E-state index contributed by atoms with van der Waals surface area (Å²) >= 11 is 0. The van der Waals surface area contributed by atoms with Crippen molar-refractivity contribution in [2.45, 2.75) is 63.1 Å². The Balaban J connectivity index is 1.64. The predicted molar refractivity (Wildman–Crippen MR) is 82.4 cm³/mol. The van der Waals surface area contributed by atoms with Gasteiger partial charge in [-0.25, -0.2) is 0 Å². The van der Waals surface area contributed by atoms with Crippen LogP contribution in [0.4, 0.5) is 0 Å².